The number of methoxy groups -OCH3 is 3. The number of nitrogens with one attached hydrogen (secondary N) is 1. The number of carbonyl (C=O) groups excluding carboxylic acids is 1. The number of para-hydroxylation sites is 1. The zero-order valence-corrected chi connectivity index (χ0v) is 21.0. The predicted molar refractivity (Wildman–Crippen MR) is 136 cm³/mol. The lowest BCUT2D eigenvalue weighted by atomic mass is 10.2. The molecule has 0 radical (unpaired) electrons. The number of hydrogen-bond acceptors (Lipinski definition) is 9. The molecule has 12 nitrogen and oxygen atoms in total. The number of nitrogens with zero attached hydrogens (tertiary/aromatic N) is 3. The third-order valence-electron chi connectivity index (χ3n) is 5.09. The van der Waals surface area contributed by atoms with Crippen molar-refractivity contribution >= 4 is 33.5 Å². The predicted octanol–water partition coefficient (Wildman–Crippen LogP) is 2.97. The Balaban J connectivity index is 1.98. The average molecular weight is 529 g/mol. The van der Waals surface area contributed by atoms with Gasteiger partial charge in [-0.05, 0) is 48.0 Å². The fourth-order valence-corrected chi connectivity index (χ4v) is 4.86. The second-order valence-corrected chi connectivity index (χ2v) is 9.17. The number of amides is 1. The Kier molecular flexibility index (Phi) is 8.64. The van der Waals surface area contributed by atoms with Gasteiger partial charge in [0.05, 0.1) is 38.2 Å². The first-order chi connectivity index (χ1) is 17.7. The molecule has 0 fully saturated rings. The first-order valence-electron chi connectivity index (χ1n) is 10.7. The van der Waals surface area contributed by atoms with Gasteiger partial charge in [0.1, 0.15) is 23.8 Å². The Labute approximate surface area is 213 Å². The van der Waals surface area contributed by atoms with Gasteiger partial charge in [0.15, 0.2) is 4.90 Å². The van der Waals surface area contributed by atoms with Gasteiger partial charge in [-0.25, -0.2) is 13.8 Å². The van der Waals surface area contributed by atoms with Crippen molar-refractivity contribution in [3.63, 3.8) is 0 Å². The van der Waals surface area contributed by atoms with Gasteiger partial charge in [0.2, 0.25) is 0 Å². The summed E-state index contributed by atoms with van der Waals surface area (Å²) in [5.74, 6) is 0.281. The molecule has 13 heteroatoms. The van der Waals surface area contributed by atoms with Crippen molar-refractivity contribution in [2.75, 3.05) is 32.2 Å². The van der Waals surface area contributed by atoms with Crippen LogP contribution in [0.5, 0.6) is 17.2 Å². The molecular formula is C24H24N4O8S. The van der Waals surface area contributed by atoms with Gasteiger partial charge in [-0.15, -0.1) is 0 Å². The molecule has 0 aliphatic heterocycles. The van der Waals surface area contributed by atoms with Crippen LogP contribution in [0.25, 0.3) is 0 Å². The Hall–Kier alpha value is -4.65. The number of hydrogen-bond donors (Lipinski definition) is 1. The van der Waals surface area contributed by atoms with Crippen LogP contribution in [0.2, 0.25) is 0 Å². The highest BCUT2D eigenvalue weighted by atomic mass is 32.2. The summed E-state index contributed by atoms with van der Waals surface area (Å²) in [5.41, 5.74) is 2.26. The van der Waals surface area contributed by atoms with Crippen LogP contribution in [0.4, 0.5) is 11.4 Å². The first kappa shape index (κ1) is 26.9. The van der Waals surface area contributed by atoms with Crippen molar-refractivity contribution in [2.24, 2.45) is 5.10 Å². The van der Waals surface area contributed by atoms with E-state index in [0.29, 0.717) is 21.4 Å². The third kappa shape index (κ3) is 6.32. The number of rotatable bonds is 11. The molecule has 0 saturated carbocycles. The molecule has 1 N–H and O–H groups in total. The number of benzene rings is 3. The summed E-state index contributed by atoms with van der Waals surface area (Å²) in [7, 11) is -0.351. The van der Waals surface area contributed by atoms with Gasteiger partial charge in [-0.2, -0.15) is 5.10 Å². The number of ether oxygens (including phenoxy) is 3. The maximum atomic E-state index is 13.7. The summed E-state index contributed by atoms with van der Waals surface area (Å²) in [6.07, 6.45) is 1.37. The number of carbonyl (C=O) groups is 1. The largest absolute Gasteiger partial charge is 0.497 e. The van der Waals surface area contributed by atoms with E-state index in [1.165, 1.54) is 57.9 Å². The van der Waals surface area contributed by atoms with Crippen LogP contribution in [0, 0.1) is 10.1 Å². The Bertz CT molecular complexity index is 1410. The van der Waals surface area contributed by atoms with Gasteiger partial charge < -0.3 is 14.2 Å². The summed E-state index contributed by atoms with van der Waals surface area (Å²) in [6, 6.07) is 16.0. The van der Waals surface area contributed by atoms with Crippen LogP contribution in [0.1, 0.15) is 5.56 Å². The molecule has 0 bridgehead atoms. The van der Waals surface area contributed by atoms with E-state index in [4.69, 9.17) is 14.2 Å². The fourth-order valence-electron chi connectivity index (χ4n) is 3.27. The number of nitro benzene ring substituents is 1. The lowest BCUT2D eigenvalue weighted by Crippen LogP contribution is -2.40. The maximum absolute atomic E-state index is 13.7. The summed E-state index contributed by atoms with van der Waals surface area (Å²) in [4.78, 5) is 22.9. The van der Waals surface area contributed by atoms with Gasteiger partial charge in [0, 0.05) is 12.1 Å². The van der Waals surface area contributed by atoms with Crippen molar-refractivity contribution in [2.45, 2.75) is 4.90 Å². The Morgan fingerprint density at radius 3 is 2.27 bits per heavy atom. The molecule has 3 aromatic carbocycles. The normalized spacial score (nSPS) is 11.1. The van der Waals surface area contributed by atoms with E-state index < -0.39 is 38.0 Å². The molecular weight excluding hydrogens is 504 g/mol. The van der Waals surface area contributed by atoms with Gasteiger partial charge >= 0.3 is 0 Å². The lowest BCUT2D eigenvalue weighted by molar-refractivity contribution is -0.387. The minimum atomic E-state index is -4.62. The molecule has 0 atom stereocenters. The first-order valence-corrected chi connectivity index (χ1v) is 12.1. The minimum absolute atomic E-state index is 0.0317. The molecule has 0 heterocycles. The molecule has 0 aliphatic carbocycles. The Morgan fingerprint density at radius 2 is 1.65 bits per heavy atom. The van der Waals surface area contributed by atoms with Crippen LogP contribution < -0.4 is 23.9 Å². The number of hydrazone groups is 1. The standard InChI is InChI=1S/C24H24N4O8S/c1-34-18-10-8-17(9-11-18)15-25-26-24(29)16-27(20-13-12-19(35-2)14-22(20)36-3)37(32,33)23-7-5-4-6-21(23)28(30)31/h4-15H,16H2,1-3H3,(H,26,29)/b25-15-. The van der Waals surface area contributed by atoms with Crippen molar-refractivity contribution in [3.8, 4) is 17.2 Å². The topological polar surface area (TPSA) is 150 Å². The zero-order valence-electron chi connectivity index (χ0n) is 20.2. The quantitative estimate of drug-likeness (QED) is 0.227. The highest BCUT2D eigenvalue weighted by molar-refractivity contribution is 7.93. The van der Waals surface area contributed by atoms with E-state index in [1.54, 1.807) is 24.3 Å². The van der Waals surface area contributed by atoms with E-state index in [1.807, 2.05) is 0 Å². The molecule has 0 aromatic heterocycles. The van der Waals surface area contributed by atoms with Crippen LogP contribution in [0.3, 0.4) is 0 Å². The fraction of sp³-hybridized carbons (Fsp3) is 0.167. The van der Waals surface area contributed by atoms with Crippen LogP contribution in [0.15, 0.2) is 76.7 Å². The zero-order chi connectivity index (χ0) is 27.0. The summed E-state index contributed by atoms with van der Waals surface area (Å²) in [6.45, 7) is -0.753. The van der Waals surface area contributed by atoms with Crippen molar-refractivity contribution in [3.05, 3.63) is 82.4 Å². The molecule has 0 unspecified atom stereocenters. The van der Waals surface area contributed by atoms with Gasteiger partial charge in [-0.3, -0.25) is 19.2 Å². The summed E-state index contributed by atoms with van der Waals surface area (Å²) >= 11 is 0. The molecule has 3 rings (SSSR count). The second-order valence-electron chi connectivity index (χ2n) is 7.34. The van der Waals surface area contributed by atoms with E-state index in [0.717, 1.165) is 12.1 Å². The summed E-state index contributed by atoms with van der Waals surface area (Å²) in [5, 5.41) is 15.4. The minimum Gasteiger partial charge on any atom is -0.497 e. The van der Waals surface area contributed by atoms with Crippen LogP contribution in [-0.2, 0) is 14.8 Å². The van der Waals surface area contributed by atoms with Gasteiger partial charge in [-0.1, -0.05) is 12.1 Å². The molecule has 3 aromatic rings. The van der Waals surface area contributed by atoms with E-state index in [9.17, 15) is 23.3 Å². The smallest absolute Gasteiger partial charge is 0.289 e. The highest BCUT2D eigenvalue weighted by Gasteiger charge is 2.34. The van der Waals surface area contributed by atoms with E-state index in [2.05, 4.69) is 10.5 Å². The van der Waals surface area contributed by atoms with Gasteiger partial charge in [0.25, 0.3) is 21.6 Å². The number of anilines is 1. The SMILES string of the molecule is COc1ccc(/C=N\NC(=O)CN(c2ccc(OC)cc2OC)S(=O)(=O)c2ccccc2[N+](=O)[O-])cc1. The molecule has 0 spiro atoms. The number of nitro groups is 1. The maximum Gasteiger partial charge on any atom is 0.289 e. The molecule has 1 amide bonds. The monoisotopic (exact) mass is 528 g/mol. The van der Waals surface area contributed by atoms with Crippen molar-refractivity contribution in [1.29, 1.82) is 0 Å². The van der Waals surface area contributed by atoms with Crippen LogP contribution >= 0.6 is 0 Å². The van der Waals surface area contributed by atoms with E-state index in [-0.39, 0.29) is 11.4 Å². The Morgan fingerprint density at radius 1 is 1.00 bits per heavy atom. The van der Waals surface area contributed by atoms with Crippen LogP contribution in [-0.4, -0.2) is 53.3 Å². The molecule has 37 heavy (non-hydrogen) atoms. The summed E-state index contributed by atoms with van der Waals surface area (Å²) < 4.78 is 43.6. The lowest BCUT2D eigenvalue weighted by Gasteiger charge is -2.25. The van der Waals surface area contributed by atoms with Crippen molar-refractivity contribution in [1.82, 2.24) is 5.43 Å². The van der Waals surface area contributed by atoms with Crippen molar-refractivity contribution < 1.29 is 32.3 Å². The average Bonchev–Trinajstić information content (AvgIpc) is 2.91. The third-order valence-corrected chi connectivity index (χ3v) is 6.90. The number of sulfonamides is 1. The molecule has 0 saturated heterocycles. The molecule has 0 aliphatic rings. The second kappa shape index (κ2) is 11.9. The molecule has 194 valence electrons. The highest BCUT2D eigenvalue weighted by Crippen LogP contribution is 2.37. The van der Waals surface area contributed by atoms with E-state index >= 15 is 0 Å².